The van der Waals surface area contributed by atoms with E-state index in [1.165, 1.54) is 0 Å². The van der Waals surface area contributed by atoms with Crippen LogP contribution in [0.4, 0.5) is 0 Å². The van der Waals surface area contributed by atoms with Crippen molar-refractivity contribution in [2.75, 3.05) is 0 Å². The van der Waals surface area contributed by atoms with E-state index in [0.29, 0.717) is 0 Å². The quantitative estimate of drug-likeness (QED) is 0.448. The van der Waals surface area contributed by atoms with Gasteiger partial charge in [0.15, 0.2) is 0 Å². The first-order chi connectivity index (χ1) is 2.00. The summed E-state index contributed by atoms with van der Waals surface area (Å²) in [6.07, 6.45) is 0. The third kappa shape index (κ3) is 192. The summed E-state index contributed by atoms with van der Waals surface area (Å²) >= 11 is -5.25. The van der Waals surface area contributed by atoms with Crippen molar-refractivity contribution >= 4 is 0 Å². The van der Waals surface area contributed by atoms with E-state index in [1.54, 1.807) is 0 Å². The van der Waals surface area contributed by atoms with Gasteiger partial charge in [-0.2, -0.15) is 0 Å². The number of rotatable bonds is 0. The molecule has 0 aliphatic rings. The molecule has 6 heteroatoms. The molecule has 0 rings (SSSR count). The molecule has 0 heterocycles. The van der Waals surface area contributed by atoms with Gasteiger partial charge < -0.3 is 0 Å². The standard InChI is InChI=1S/Cr.Ni.2H2O.2O/h;;2*1H2;;/q+2;;;;;/p-2. The molecule has 0 atom stereocenters. The Morgan fingerprint density at radius 1 is 1.17 bits per heavy atom. The number of hydrogen-bond donors (Lipinski definition) is 2. The molecule has 0 saturated carbocycles. The summed E-state index contributed by atoms with van der Waals surface area (Å²) in [4.78, 5) is 0. The van der Waals surface area contributed by atoms with E-state index in [-0.39, 0.29) is 16.5 Å². The van der Waals surface area contributed by atoms with Crippen LogP contribution in [0.5, 0.6) is 0 Å². The minimum atomic E-state index is -5.25. The molecular weight excluding hydrogens is 175 g/mol. The first-order valence-corrected chi connectivity index (χ1v) is 2.88. The van der Waals surface area contributed by atoms with E-state index in [0.717, 1.165) is 0 Å². The Labute approximate surface area is 46.5 Å². The normalized spacial score (nSPS) is 9.67. The van der Waals surface area contributed by atoms with Crippen LogP contribution in [0.15, 0.2) is 0 Å². The summed E-state index contributed by atoms with van der Waals surface area (Å²) in [7, 11) is 0. The second kappa shape index (κ2) is 2.67. The van der Waals surface area contributed by atoms with Gasteiger partial charge in [-0.3, -0.25) is 0 Å². The molecule has 0 aromatic carbocycles. The average molecular weight is 177 g/mol. The van der Waals surface area contributed by atoms with Gasteiger partial charge in [0, 0.05) is 16.5 Å². The molecule has 0 aliphatic carbocycles. The second-order valence-corrected chi connectivity index (χ2v) is 1.85. The summed E-state index contributed by atoms with van der Waals surface area (Å²) in [5.74, 6) is 0. The van der Waals surface area contributed by atoms with Gasteiger partial charge in [-0.05, 0) is 0 Å². The van der Waals surface area contributed by atoms with Crippen LogP contribution >= 0.6 is 0 Å². The molecule has 0 fully saturated rings. The van der Waals surface area contributed by atoms with Gasteiger partial charge in [0.05, 0.1) is 0 Å². The van der Waals surface area contributed by atoms with E-state index in [1.807, 2.05) is 0 Å². The predicted molar refractivity (Wildman–Crippen MR) is 5.81 cm³/mol. The average Bonchev–Trinajstić information content (AvgIpc) is 0.722. The Morgan fingerprint density at radius 2 is 1.17 bits per heavy atom. The summed E-state index contributed by atoms with van der Waals surface area (Å²) < 4.78 is 31.9. The summed E-state index contributed by atoms with van der Waals surface area (Å²) in [5.41, 5.74) is 0. The van der Waals surface area contributed by atoms with Crippen molar-refractivity contribution in [2.24, 2.45) is 0 Å². The summed E-state index contributed by atoms with van der Waals surface area (Å²) in [6, 6.07) is 0. The maximum absolute atomic E-state index is 8.82. The van der Waals surface area contributed by atoms with Gasteiger partial charge in [-0.1, -0.05) is 0 Å². The van der Waals surface area contributed by atoms with Crippen LogP contribution in [0, 0.1) is 0 Å². The Morgan fingerprint density at radius 3 is 1.17 bits per heavy atom. The van der Waals surface area contributed by atoms with Gasteiger partial charge in [-0.25, -0.2) is 0 Å². The van der Waals surface area contributed by atoms with E-state index in [2.05, 4.69) is 0 Å². The zero-order valence-corrected chi connectivity index (χ0v) is 4.70. The van der Waals surface area contributed by atoms with Crippen molar-refractivity contribution in [1.29, 1.82) is 0 Å². The molecule has 4 nitrogen and oxygen atoms in total. The first kappa shape index (κ1) is 9.74. The number of hydrogen-bond acceptors (Lipinski definition) is 2. The van der Waals surface area contributed by atoms with Gasteiger partial charge in [0.25, 0.3) is 0 Å². The molecule has 0 aliphatic heterocycles. The SMILES string of the molecule is [Ni].[O]=[Cr](=[O])([OH])[OH]. The van der Waals surface area contributed by atoms with Gasteiger partial charge in [0.2, 0.25) is 0 Å². The molecule has 0 amide bonds. The fourth-order valence-corrected chi connectivity index (χ4v) is 0. The van der Waals surface area contributed by atoms with Crippen molar-refractivity contribution in [3.63, 3.8) is 0 Å². The Balaban J connectivity index is 0. The third-order valence-corrected chi connectivity index (χ3v) is 0. The topological polar surface area (TPSA) is 74.6 Å². The van der Waals surface area contributed by atoms with Crippen molar-refractivity contribution in [2.45, 2.75) is 0 Å². The molecular formula is H2CrNiO4. The molecule has 0 aromatic rings. The van der Waals surface area contributed by atoms with E-state index in [9.17, 15) is 0 Å². The first-order valence-electron chi connectivity index (χ1n) is 0.698. The molecule has 0 spiro atoms. The van der Waals surface area contributed by atoms with Crippen LogP contribution in [0.25, 0.3) is 0 Å². The molecule has 0 bridgehead atoms. The fraction of sp³-hybridized carbons (Fsp3) is 0. The van der Waals surface area contributed by atoms with Crippen molar-refractivity contribution in [3.8, 4) is 0 Å². The minimum absolute atomic E-state index is 0. The van der Waals surface area contributed by atoms with Gasteiger partial charge in [0.1, 0.15) is 0 Å². The second-order valence-electron chi connectivity index (χ2n) is 0.448. The van der Waals surface area contributed by atoms with Crippen molar-refractivity contribution < 1.29 is 46.0 Å². The molecule has 42 valence electrons. The summed E-state index contributed by atoms with van der Waals surface area (Å²) in [6.45, 7) is 0. The molecule has 0 saturated heterocycles. The molecule has 2 N–H and O–H groups in total. The molecule has 0 aromatic heterocycles. The molecule has 6 heavy (non-hydrogen) atoms. The Bertz CT molecular complexity index is 90.7. The van der Waals surface area contributed by atoms with E-state index in [4.69, 9.17) is 15.9 Å². The van der Waals surface area contributed by atoms with Crippen LogP contribution in [0.2, 0.25) is 0 Å². The molecule has 0 unspecified atom stereocenters. The van der Waals surface area contributed by atoms with Crippen LogP contribution < -0.4 is 0 Å². The van der Waals surface area contributed by atoms with Crippen LogP contribution in [-0.4, -0.2) is 8.32 Å². The zero-order valence-electron chi connectivity index (χ0n) is 2.44. The third-order valence-electron chi connectivity index (χ3n) is 0. The molecule has 0 radical (unpaired) electrons. The Hall–Kier alpha value is 0.546. The monoisotopic (exact) mass is 176 g/mol. The van der Waals surface area contributed by atoms with E-state index < -0.39 is 13.6 Å². The zero-order chi connectivity index (χ0) is 4.50. The van der Waals surface area contributed by atoms with Gasteiger partial charge >= 0.3 is 29.5 Å². The van der Waals surface area contributed by atoms with Crippen LogP contribution in [0.3, 0.4) is 0 Å². The van der Waals surface area contributed by atoms with Crippen LogP contribution in [-0.2, 0) is 37.7 Å². The van der Waals surface area contributed by atoms with Crippen LogP contribution in [0.1, 0.15) is 0 Å². The fourth-order valence-electron chi connectivity index (χ4n) is 0. The maximum atomic E-state index is 8.82. The Kier molecular flexibility index (Phi) is 4.34. The van der Waals surface area contributed by atoms with Gasteiger partial charge in [-0.15, -0.1) is 0 Å². The van der Waals surface area contributed by atoms with Crippen molar-refractivity contribution in [3.05, 3.63) is 0 Å². The predicted octanol–water partition coefficient (Wildman–Crippen LogP) is -1.36. The van der Waals surface area contributed by atoms with Crippen molar-refractivity contribution in [1.82, 2.24) is 0 Å². The van der Waals surface area contributed by atoms with E-state index >= 15 is 0 Å². The summed E-state index contributed by atoms with van der Waals surface area (Å²) in [5, 5.41) is 0.